The van der Waals surface area contributed by atoms with Gasteiger partial charge in [-0.1, -0.05) is 58.5 Å². The molecule has 2 amide bonds. The number of carbonyl (C=O) groups excluding carboxylic acids is 2. The van der Waals surface area contributed by atoms with Crippen LogP contribution in [0, 0.1) is 5.82 Å². The lowest BCUT2D eigenvalue weighted by molar-refractivity contribution is -0.137. The molecule has 0 aliphatic carbocycles. The smallest absolute Gasteiger partial charge is 0.411 e. The van der Waals surface area contributed by atoms with E-state index in [0.717, 1.165) is 0 Å². The summed E-state index contributed by atoms with van der Waals surface area (Å²) < 4.78 is 28.2. The Balaban J connectivity index is 1.55. The number of fused-ring (bicyclic) bond motifs is 2. The van der Waals surface area contributed by atoms with Gasteiger partial charge in [0.1, 0.15) is 30.5 Å². The predicted octanol–water partition coefficient (Wildman–Crippen LogP) is 6.37. The number of amides is 2. The summed E-state index contributed by atoms with van der Waals surface area (Å²) in [5.41, 5.74) is -0.430. The van der Waals surface area contributed by atoms with Gasteiger partial charge in [-0.05, 0) is 55.7 Å². The van der Waals surface area contributed by atoms with Crippen molar-refractivity contribution in [2.75, 3.05) is 26.3 Å². The van der Waals surface area contributed by atoms with Crippen molar-refractivity contribution < 1.29 is 38.1 Å². The highest BCUT2D eigenvalue weighted by Crippen LogP contribution is 2.43. The number of hydrogen-bond donors (Lipinski definition) is 1. The summed E-state index contributed by atoms with van der Waals surface area (Å²) in [4.78, 5) is 41.2. The minimum atomic E-state index is -1.95. The van der Waals surface area contributed by atoms with E-state index in [4.69, 9.17) is 60.6 Å². The SMILES string of the molecule is CC(=O)N1CC2CC(c3ccc(OCCOc4cc(F)ccc4Cl)cc3)=C(C(=O)O)C(C1)N2C(=O)OC(C)(C)C(Cl)(Cl)Cl. The van der Waals surface area contributed by atoms with E-state index in [2.05, 4.69) is 0 Å². The van der Waals surface area contributed by atoms with Gasteiger partial charge in [-0.2, -0.15) is 0 Å². The maximum Gasteiger partial charge on any atom is 0.411 e. The molecule has 0 spiro atoms. The van der Waals surface area contributed by atoms with Crippen LogP contribution in [-0.2, 0) is 14.3 Å². The summed E-state index contributed by atoms with van der Waals surface area (Å²) in [7, 11) is 0. The normalized spacial score (nSPS) is 18.8. The van der Waals surface area contributed by atoms with E-state index in [9.17, 15) is 23.9 Å². The van der Waals surface area contributed by atoms with Gasteiger partial charge in [0.15, 0.2) is 5.60 Å². The van der Waals surface area contributed by atoms with Gasteiger partial charge in [-0.15, -0.1) is 0 Å². The van der Waals surface area contributed by atoms with Crippen LogP contribution in [0.1, 0.15) is 32.8 Å². The maximum absolute atomic E-state index is 13.4. The van der Waals surface area contributed by atoms with Gasteiger partial charge in [0.2, 0.25) is 9.70 Å². The van der Waals surface area contributed by atoms with E-state index in [1.54, 1.807) is 24.3 Å². The van der Waals surface area contributed by atoms with Crippen molar-refractivity contribution in [3.63, 3.8) is 0 Å². The lowest BCUT2D eigenvalue weighted by Crippen LogP contribution is -2.65. The number of ether oxygens (including phenoxy) is 3. The lowest BCUT2D eigenvalue weighted by Gasteiger charge is -2.50. The van der Waals surface area contributed by atoms with Crippen LogP contribution in [0.2, 0.25) is 5.02 Å². The van der Waals surface area contributed by atoms with E-state index in [-0.39, 0.29) is 55.0 Å². The standard InChI is InChI=1S/C29H29Cl4FN2O7/c1-16(37)35-14-19-13-21(25(26(38)39)23(15-35)36(19)27(40)43-28(2,3)29(31,32)33)17-4-7-20(8-5-17)41-10-11-42-24-12-18(34)6-9-22(24)30/h4-9,12,19,23H,10-11,13-15H2,1-3H3,(H,38,39). The zero-order valence-electron chi connectivity index (χ0n) is 23.4. The van der Waals surface area contributed by atoms with Gasteiger partial charge in [0.05, 0.1) is 22.7 Å². The van der Waals surface area contributed by atoms with Gasteiger partial charge >= 0.3 is 12.1 Å². The Bertz CT molecular complexity index is 1430. The minimum Gasteiger partial charge on any atom is -0.490 e. The van der Waals surface area contributed by atoms with Crippen LogP contribution in [0.5, 0.6) is 11.5 Å². The first-order chi connectivity index (χ1) is 20.1. The Kier molecular flexibility index (Phi) is 9.95. The second kappa shape index (κ2) is 13.0. The average molecular weight is 678 g/mol. The number of rotatable bonds is 8. The molecular formula is C29H29Cl4FN2O7. The van der Waals surface area contributed by atoms with Gasteiger partial charge in [-0.3, -0.25) is 9.69 Å². The number of carboxylic acids is 1. The molecule has 2 aromatic carbocycles. The number of halogens is 5. The van der Waals surface area contributed by atoms with Crippen molar-refractivity contribution in [1.82, 2.24) is 9.80 Å². The number of carbonyl (C=O) groups is 3. The molecule has 0 aromatic heterocycles. The van der Waals surface area contributed by atoms with Gasteiger partial charge < -0.3 is 24.2 Å². The van der Waals surface area contributed by atoms with E-state index in [1.165, 1.54) is 48.8 Å². The number of alkyl halides is 3. The Morgan fingerprint density at radius 2 is 1.67 bits per heavy atom. The van der Waals surface area contributed by atoms with Crippen molar-refractivity contribution in [2.45, 2.75) is 48.7 Å². The molecule has 2 aromatic rings. The fourth-order valence-electron chi connectivity index (χ4n) is 4.97. The van der Waals surface area contributed by atoms with E-state index < -0.39 is 39.4 Å². The highest BCUT2D eigenvalue weighted by molar-refractivity contribution is 6.68. The van der Waals surface area contributed by atoms with E-state index >= 15 is 0 Å². The molecule has 2 heterocycles. The van der Waals surface area contributed by atoms with Crippen LogP contribution < -0.4 is 9.47 Å². The minimum absolute atomic E-state index is 0.0418. The molecule has 2 aliphatic rings. The molecule has 1 fully saturated rings. The Morgan fingerprint density at radius 3 is 2.28 bits per heavy atom. The summed E-state index contributed by atoms with van der Waals surface area (Å²) >= 11 is 24.0. The van der Waals surface area contributed by atoms with Crippen LogP contribution in [0.4, 0.5) is 9.18 Å². The quantitative estimate of drug-likeness (QED) is 0.256. The van der Waals surface area contributed by atoms with E-state index in [1.807, 2.05) is 0 Å². The Morgan fingerprint density at radius 1 is 1.02 bits per heavy atom. The maximum atomic E-state index is 13.4. The van der Waals surface area contributed by atoms with Crippen molar-refractivity contribution in [3.8, 4) is 11.5 Å². The Hall–Kier alpha value is -2.92. The fourth-order valence-corrected chi connectivity index (χ4v) is 5.25. The summed E-state index contributed by atoms with van der Waals surface area (Å²) in [6.45, 7) is 4.63. The third kappa shape index (κ3) is 7.42. The molecule has 0 radical (unpaired) electrons. The molecule has 4 rings (SSSR count). The van der Waals surface area contributed by atoms with Crippen LogP contribution in [0.15, 0.2) is 48.0 Å². The third-order valence-corrected chi connectivity index (χ3v) is 8.95. The lowest BCUT2D eigenvalue weighted by atomic mass is 9.82. The van der Waals surface area contributed by atoms with Gasteiger partial charge in [0.25, 0.3) is 0 Å². The first-order valence-electron chi connectivity index (χ1n) is 13.2. The van der Waals surface area contributed by atoms with Crippen molar-refractivity contribution in [2.24, 2.45) is 0 Å². The van der Waals surface area contributed by atoms with Crippen LogP contribution in [0.25, 0.3) is 5.57 Å². The molecule has 9 nitrogen and oxygen atoms in total. The first kappa shape index (κ1) is 33.0. The monoisotopic (exact) mass is 676 g/mol. The van der Waals surface area contributed by atoms with Crippen molar-refractivity contribution >= 4 is 69.9 Å². The topological polar surface area (TPSA) is 106 Å². The summed E-state index contributed by atoms with van der Waals surface area (Å²) in [5.74, 6) is -1.26. The number of carboxylic acid groups (broad SMARTS) is 1. The number of hydrogen-bond acceptors (Lipinski definition) is 6. The zero-order chi connectivity index (χ0) is 31.7. The van der Waals surface area contributed by atoms with Gasteiger partial charge in [-0.25, -0.2) is 14.0 Å². The third-order valence-electron chi connectivity index (χ3n) is 7.27. The van der Waals surface area contributed by atoms with Crippen molar-refractivity contribution in [3.05, 3.63) is 64.4 Å². The molecule has 1 N–H and O–H groups in total. The molecule has 2 aliphatic heterocycles. The summed E-state index contributed by atoms with van der Waals surface area (Å²) in [6.07, 6.45) is -0.717. The fraction of sp³-hybridized carbons (Fsp3) is 0.414. The molecule has 2 atom stereocenters. The van der Waals surface area contributed by atoms with Gasteiger partial charge in [0, 0.05) is 26.1 Å². The molecule has 232 valence electrons. The predicted molar refractivity (Wildman–Crippen MR) is 161 cm³/mol. The Labute approximate surface area is 268 Å². The second-order valence-corrected chi connectivity index (χ2v) is 13.3. The number of benzene rings is 2. The number of aliphatic carboxylic acids is 1. The molecule has 2 unspecified atom stereocenters. The summed E-state index contributed by atoms with van der Waals surface area (Å²) in [5, 5.41) is 10.6. The molecule has 14 heteroatoms. The van der Waals surface area contributed by atoms with E-state index in [0.29, 0.717) is 16.9 Å². The first-order valence-corrected chi connectivity index (χ1v) is 14.7. The average Bonchev–Trinajstić information content (AvgIpc) is 2.91. The molecule has 1 saturated heterocycles. The zero-order valence-corrected chi connectivity index (χ0v) is 26.4. The molecule has 0 saturated carbocycles. The highest BCUT2D eigenvalue weighted by Gasteiger charge is 2.51. The van der Waals surface area contributed by atoms with Crippen LogP contribution in [0.3, 0.4) is 0 Å². The van der Waals surface area contributed by atoms with Crippen molar-refractivity contribution in [1.29, 1.82) is 0 Å². The number of piperazine rings is 1. The molecular weight excluding hydrogens is 649 g/mol. The second-order valence-electron chi connectivity index (χ2n) is 10.6. The van der Waals surface area contributed by atoms with Crippen LogP contribution in [-0.4, -0.2) is 80.7 Å². The van der Waals surface area contributed by atoms with Crippen LogP contribution >= 0.6 is 46.4 Å². The molecule has 2 bridgehead atoms. The highest BCUT2D eigenvalue weighted by atomic mass is 35.6. The summed E-state index contributed by atoms with van der Waals surface area (Å²) in [6, 6.07) is 9.00. The number of nitrogens with zero attached hydrogens (tertiary/aromatic N) is 2. The molecule has 43 heavy (non-hydrogen) atoms. The largest absolute Gasteiger partial charge is 0.490 e.